The van der Waals surface area contributed by atoms with E-state index in [-0.39, 0.29) is 5.69 Å². The maximum Gasteiger partial charge on any atom is 0.269 e. The van der Waals surface area contributed by atoms with Gasteiger partial charge in [0.25, 0.3) is 5.69 Å². The lowest BCUT2D eigenvalue weighted by Crippen LogP contribution is -2.14. The highest BCUT2D eigenvalue weighted by atomic mass is 32.1. The van der Waals surface area contributed by atoms with Crippen molar-refractivity contribution in [3.8, 4) is 11.3 Å². The zero-order valence-electron chi connectivity index (χ0n) is 14.3. The SMILES string of the molecule is C=CCn1c(-c2ccc([N+](=O)[O-])cc2)cs\c1=N/N=C/C=C/c1ccco1. The van der Waals surface area contributed by atoms with E-state index in [0.717, 1.165) is 17.0 Å². The molecule has 0 atom stereocenters. The van der Waals surface area contributed by atoms with Gasteiger partial charge in [-0.05, 0) is 42.0 Å². The van der Waals surface area contributed by atoms with Gasteiger partial charge in [-0.25, -0.2) is 0 Å². The van der Waals surface area contributed by atoms with Crippen molar-refractivity contribution in [1.29, 1.82) is 0 Å². The Balaban J connectivity index is 1.86. The molecule has 2 aromatic heterocycles. The third-order valence-corrected chi connectivity index (χ3v) is 4.44. The zero-order valence-corrected chi connectivity index (χ0v) is 15.1. The third kappa shape index (κ3) is 4.56. The Hall–Kier alpha value is -3.52. The molecular formula is C19H16N4O3S. The molecule has 0 spiro atoms. The predicted octanol–water partition coefficient (Wildman–Crippen LogP) is 4.50. The molecule has 3 aromatic rings. The molecule has 0 radical (unpaired) electrons. The summed E-state index contributed by atoms with van der Waals surface area (Å²) in [4.78, 5) is 11.1. The van der Waals surface area contributed by atoms with E-state index in [1.807, 2.05) is 22.1 Å². The number of non-ortho nitro benzene ring substituents is 1. The molecule has 27 heavy (non-hydrogen) atoms. The fourth-order valence-electron chi connectivity index (χ4n) is 2.34. The molecule has 0 bridgehead atoms. The van der Waals surface area contributed by atoms with E-state index >= 15 is 0 Å². The summed E-state index contributed by atoms with van der Waals surface area (Å²) >= 11 is 1.44. The molecule has 1 aromatic carbocycles. The van der Waals surface area contributed by atoms with Crippen LogP contribution in [0, 0.1) is 10.1 Å². The first-order valence-corrected chi connectivity index (χ1v) is 8.88. The summed E-state index contributed by atoms with van der Waals surface area (Å²) in [6, 6.07) is 10.1. The highest BCUT2D eigenvalue weighted by molar-refractivity contribution is 7.07. The van der Waals surface area contributed by atoms with Crippen LogP contribution in [0.5, 0.6) is 0 Å². The van der Waals surface area contributed by atoms with E-state index in [4.69, 9.17) is 4.42 Å². The van der Waals surface area contributed by atoms with Crippen LogP contribution in [0.3, 0.4) is 0 Å². The quantitative estimate of drug-likeness (QED) is 0.262. The highest BCUT2D eigenvalue weighted by Gasteiger charge is 2.09. The Bertz CT molecular complexity index is 1040. The number of furan rings is 1. The summed E-state index contributed by atoms with van der Waals surface area (Å²) in [6.45, 7) is 4.33. The average Bonchev–Trinajstić information content (AvgIpc) is 3.32. The molecule has 0 fully saturated rings. The smallest absolute Gasteiger partial charge is 0.269 e. The number of rotatable bonds is 7. The summed E-state index contributed by atoms with van der Waals surface area (Å²) in [6.07, 6.45) is 8.47. The van der Waals surface area contributed by atoms with Gasteiger partial charge < -0.3 is 8.98 Å². The van der Waals surface area contributed by atoms with E-state index < -0.39 is 4.92 Å². The van der Waals surface area contributed by atoms with Crippen molar-refractivity contribution in [3.63, 3.8) is 0 Å². The topological polar surface area (TPSA) is 85.9 Å². The molecule has 0 amide bonds. The van der Waals surface area contributed by atoms with E-state index in [1.165, 1.54) is 23.5 Å². The van der Waals surface area contributed by atoms with Crippen molar-refractivity contribution in [3.05, 3.63) is 87.4 Å². The van der Waals surface area contributed by atoms with E-state index in [9.17, 15) is 10.1 Å². The molecule has 8 heteroatoms. The van der Waals surface area contributed by atoms with Gasteiger partial charge in [-0.3, -0.25) is 10.1 Å². The summed E-state index contributed by atoms with van der Waals surface area (Å²) < 4.78 is 7.14. The molecule has 0 unspecified atom stereocenters. The van der Waals surface area contributed by atoms with Crippen molar-refractivity contribution < 1.29 is 9.34 Å². The first-order chi connectivity index (χ1) is 13.2. The molecule has 0 aliphatic carbocycles. The van der Waals surface area contributed by atoms with Gasteiger partial charge in [0, 0.05) is 30.3 Å². The molecule has 0 saturated heterocycles. The monoisotopic (exact) mass is 380 g/mol. The molecule has 136 valence electrons. The van der Waals surface area contributed by atoms with Crippen LogP contribution < -0.4 is 4.80 Å². The van der Waals surface area contributed by atoms with E-state index in [0.29, 0.717) is 11.3 Å². The van der Waals surface area contributed by atoms with Gasteiger partial charge in [0.05, 0.1) is 16.9 Å². The number of nitrogens with zero attached hydrogens (tertiary/aromatic N) is 4. The number of nitro groups is 1. The van der Waals surface area contributed by atoms with Crippen molar-refractivity contribution in [2.24, 2.45) is 10.2 Å². The fourth-order valence-corrected chi connectivity index (χ4v) is 3.22. The molecule has 0 aliphatic heterocycles. The Morgan fingerprint density at radius 2 is 2.11 bits per heavy atom. The van der Waals surface area contributed by atoms with Crippen LogP contribution in [0.2, 0.25) is 0 Å². The van der Waals surface area contributed by atoms with Crippen LogP contribution >= 0.6 is 11.3 Å². The Labute approximate surface area is 159 Å². The number of nitro benzene ring substituents is 1. The van der Waals surface area contributed by atoms with E-state index in [2.05, 4.69) is 16.8 Å². The summed E-state index contributed by atoms with van der Waals surface area (Å²) in [5.74, 6) is 0.736. The van der Waals surface area contributed by atoms with Gasteiger partial charge in [0.2, 0.25) is 4.80 Å². The number of hydrogen-bond donors (Lipinski definition) is 0. The number of benzene rings is 1. The van der Waals surface area contributed by atoms with Crippen molar-refractivity contribution in [2.75, 3.05) is 0 Å². The fraction of sp³-hybridized carbons (Fsp3) is 0.0526. The molecular weight excluding hydrogens is 364 g/mol. The second kappa shape index (κ2) is 8.72. The minimum Gasteiger partial charge on any atom is -0.465 e. The van der Waals surface area contributed by atoms with Crippen molar-refractivity contribution in [2.45, 2.75) is 6.54 Å². The lowest BCUT2D eigenvalue weighted by atomic mass is 10.1. The summed E-state index contributed by atoms with van der Waals surface area (Å²) in [5.41, 5.74) is 1.82. The van der Waals surface area contributed by atoms with E-state index in [1.54, 1.807) is 42.8 Å². The average molecular weight is 380 g/mol. The molecule has 0 N–H and O–H groups in total. The van der Waals surface area contributed by atoms with Crippen LogP contribution in [-0.2, 0) is 6.54 Å². The van der Waals surface area contributed by atoms with Gasteiger partial charge in [0.15, 0.2) is 0 Å². The molecule has 3 rings (SSSR count). The van der Waals surface area contributed by atoms with Crippen LogP contribution in [0.25, 0.3) is 17.3 Å². The van der Waals surface area contributed by atoms with Gasteiger partial charge >= 0.3 is 0 Å². The Kier molecular flexibility index (Phi) is 5.91. The van der Waals surface area contributed by atoms with Crippen molar-refractivity contribution >= 4 is 29.3 Å². The third-order valence-electron chi connectivity index (χ3n) is 3.58. The minimum atomic E-state index is -0.416. The standard InChI is InChI=1S/C19H16N4O3S/c1-2-12-22-18(15-7-9-16(10-8-15)23(24)25)14-27-19(22)21-20-11-3-5-17-6-4-13-26-17/h2-11,13-14H,1,12H2/b5-3+,20-11+,21-19-. The van der Waals surface area contributed by atoms with Gasteiger partial charge in [-0.15, -0.1) is 23.0 Å². The molecule has 0 saturated carbocycles. The first-order valence-electron chi connectivity index (χ1n) is 8.00. The largest absolute Gasteiger partial charge is 0.465 e. The normalized spacial score (nSPS) is 12.2. The van der Waals surface area contributed by atoms with Gasteiger partial charge in [0.1, 0.15) is 5.76 Å². The molecule has 2 heterocycles. The maximum atomic E-state index is 10.8. The maximum absolute atomic E-state index is 10.8. The molecule has 0 aliphatic rings. The number of thiazole rings is 1. The van der Waals surface area contributed by atoms with Crippen LogP contribution in [-0.4, -0.2) is 15.7 Å². The number of hydrogen-bond acceptors (Lipinski definition) is 6. The predicted molar refractivity (Wildman–Crippen MR) is 106 cm³/mol. The van der Waals surface area contributed by atoms with Crippen LogP contribution in [0.15, 0.2) is 81.4 Å². The summed E-state index contributed by atoms with van der Waals surface area (Å²) in [5, 5.41) is 21.1. The highest BCUT2D eigenvalue weighted by Crippen LogP contribution is 2.23. The Morgan fingerprint density at radius 1 is 1.30 bits per heavy atom. The zero-order chi connectivity index (χ0) is 19.1. The number of aromatic nitrogens is 1. The second-order valence-corrected chi connectivity index (χ2v) is 6.18. The van der Waals surface area contributed by atoms with Crippen molar-refractivity contribution in [1.82, 2.24) is 4.57 Å². The van der Waals surface area contributed by atoms with Gasteiger partial charge in [-0.2, -0.15) is 5.10 Å². The lowest BCUT2D eigenvalue weighted by molar-refractivity contribution is -0.384. The lowest BCUT2D eigenvalue weighted by Gasteiger charge is -2.05. The van der Waals surface area contributed by atoms with Gasteiger partial charge in [-0.1, -0.05) is 6.08 Å². The van der Waals surface area contributed by atoms with Crippen LogP contribution in [0.1, 0.15) is 5.76 Å². The summed E-state index contributed by atoms with van der Waals surface area (Å²) in [7, 11) is 0. The first kappa shape index (κ1) is 18.3. The van der Waals surface area contributed by atoms with Crippen LogP contribution in [0.4, 0.5) is 5.69 Å². The molecule has 7 nitrogen and oxygen atoms in total. The Morgan fingerprint density at radius 3 is 2.78 bits per heavy atom. The number of allylic oxidation sites excluding steroid dienone is 2. The minimum absolute atomic E-state index is 0.0575. The second-order valence-electron chi connectivity index (χ2n) is 5.35.